The van der Waals surface area contributed by atoms with E-state index in [1.807, 2.05) is 0 Å². The number of nitro groups is 2. The second kappa shape index (κ2) is 6.97. The number of benzene rings is 1. The van der Waals surface area contributed by atoms with Gasteiger partial charge in [-0.25, -0.2) is 0 Å². The summed E-state index contributed by atoms with van der Waals surface area (Å²) in [6.45, 7) is 0. The molecule has 0 aliphatic rings. The summed E-state index contributed by atoms with van der Waals surface area (Å²) in [6.07, 6.45) is -1.04. The van der Waals surface area contributed by atoms with Crippen LogP contribution in [0.2, 0.25) is 0 Å². The van der Waals surface area contributed by atoms with Crippen LogP contribution in [0.1, 0.15) is 12.8 Å². The van der Waals surface area contributed by atoms with E-state index in [0.717, 1.165) is 12.1 Å². The smallest absolute Gasteiger partial charge is 0.299 e. The molecule has 1 unspecified atom stereocenters. The Morgan fingerprint density at radius 2 is 1.77 bits per heavy atom. The number of nitro benzene ring substituents is 2. The third-order valence-electron chi connectivity index (χ3n) is 2.64. The third-order valence-corrected chi connectivity index (χ3v) is 2.64. The zero-order chi connectivity index (χ0) is 16.9. The lowest BCUT2D eigenvalue weighted by molar-refractivity contribution is -0.393. The molecule has 1 N–H and O–H groups in total. The summed E-state index contributed by atoms with van der Waals surface area (Å²) in [5.74, 6) is -3.17. The van der Waals surface area contributed by atoms with Crippen molar-refractivity contribution in [1.82, 2.24) is 0 Å². The first kappa shape index (κ1) is 16.8. The number of carbonyl (C=O) groups excluding carboxylic acids is 2. The maximum atomic E-state index is 10.9. The Labute approximate surface area is 122 Å². The van der Waals surface area contributed by atoms with Gasteiger partial charge in [0.05, 0.1) is 27.9 Å². The van der Waals surface area contributed by atoms with Gasteiger partial charge in [-0.2, -0.15) is 0 Å². The first-order valence-electron chi connectivity index (χ1n) is 5.82. The van der Waals surface area contributed by atoms with Crippen molar-refractivity contribution in [3.05, 3.63) is 38.4 Å². The van der Waals surface area contributed by atoms with Gasteiger partial charge in [-0.3, -0.25) is 20.2 Å². The molecule has 11 nitrogen and oxygen atoms in total. The Morgan fingerprint density at radius 3 is 2.23 bits per heavy atom. The van der Waals surface area contributed by atoms with E-state index < -0.39 is 52.0 Å². The van der Waals surface area contributed by atoms with Crippen molar-refractivity contribution in [3.63, 3.8) is 0 Å². The Morgan fingerprint density at radius 1 is 1.14 bits per heavy atom. The van der Waals surface area contributed by atoms with Crippen LogP contribution in [-0.2, 0) is 9.59 Å². The first-order chi connectivity index (χ1) is 10.2. The number of carbonyl (C=O) groups is 2. The van der Waals surface area contributed by atoms with Gasteiger partial charge in [-0.1, -0.05) is 0 Å². The maximum Gasteiger partial charge on any atom is 0.299 e. The average molecular weight is 311 g/mol. The van der Waals surface area contributed by atoms with Crippen LogP contribution >= 0.6 is 0 Å². The number of non-ortho nitro benzene ring substituents is 1. The lowest BCUT2D eigenvalue weighted by Gasteiger charge is -2.20. The molecular weight excluding hydrogens is 302 g/mol. The second-order valence-corrected chi connectivity index (χ2v) is 4.14. The highest BCUT2D eigenvalue weighted by Crippen LogP contribution is 2.29. The Bertz CT molecular complexity index is 630. The summed E-state index contributed by atoms with van der Waals surface area (Å²) >= 11 is 0. The fourth-order valence-corrected chi connectivity index (χ4v) is 1.61. The minimum absolute atomic E-state index is 0.303. The molecule has 0 saturated heterocycles. The lowest BCUT2D eigenvalue weighted by Crippen LogP contribution is -2.42. The predicted octanol–water partition coefficient (Wildman–Crippen LogP) is -1.44. The van der Waals surface area contributed by atoms with Crippen molar-refractivity contribution in [1.29, 1.82) is 0 Å². The van der Waals surface area contributed by atoms with Crippen molar-refractivity contribution in [2.24, 2.45) is 0 Å². The zero-order valence-electron chi connectivity index (χ0n) is 10.9. The van der Waals surface area contributed by atoms with E-state index in [4.69, 9.17) is 0 Å². The maximum absolute atomic E-state index is 10.9. The van der Waals surface area contributed by atoms with Crippen molar-refractivity contribution in [2.75, 3.05) is 5.32 Å². The van der Waals surface area contributed by atoms with E-state index in [2.05, 4.69) is 5.32 Å². The number of nitrogens with zero attached hydrogens (tertiary/aromatic N) is 2. The number of anilines is 1. The van der Waals surface area contributed by atoms with Crippen LogP contribution in [-0.4, -0.2) is 27.8 Å². The third kappa shape index (κ3) is 4.40. The largest absolute Gasteiger partial charge is 0.550 e. The van der Waals surface area contributed by atoms with Gasteiger partial charge < -0.3 is 25.1 Å². The topological polar surface area (TPSA) is 179 Å². The summed E-state index contributed by atoms with van der Waals surface area (Å²) in [6, 6.07) is 1.04. The molecule has 0 aliphatic heterocycles. The summed E-state index contributed by atoms with van der Waals surface area (Å²) in [4.78, 5) is 40.9. The van der Waals surface area contributed by atoms with Gasteiger partial charge in [0.2, 0.25) is 0 Å². The molecule has 1 aromatic rings. The number of nitrogens with one attached hydrogen (secondary N) is 1. The number of hydrogen-bond acceptors (Lipinski definition) is 9. The standard InChI is InChI=1S/C11H11N3O8/c15-10(16)4-3-8(11(17)18)12-7-2-1-6(13(19)20)5-9(7)14(21)22/h1-2,5,8,12H,3-4H2,(H,15,16)(H,17,18)/p-2. The fourth-order valence-electron chi connectivity index (χ4n) is 1.61. The number of hydrogen-bond donors (Lipinski definition) is 1. The Hall–Kier alpha value is -3.24. The molecule has 0 fully saturated rings. The monoisotopic (exact) mass is 311 g/mol. The van der Waals surface area contributed by atoms with Gasteiger partial charge in [0.1, 0.15) is 5.69 Å². The van der Waals surface area contributed by atoms with Gasteiger partial charge in [-0.05, 0) is 18.9 Å². The molecule has 11 heteroatoms. The van der Waals surface area contributed by atoms with Crippen LogP contribution in [0, 0.1) is 20.2 Å². The van der Waals surface area contributed by atoms with E-state index in [-0.39, 0.29) is 5.69 Å². The zero-order valence-corrected chi connectivity index (χ0v) is 10.9. The number of carboxylic acid groups (broad SMARTS) is 2. The van der Waals surface area contributed by atoms with Gasteiger partial charge in [0.15, 0.2) is 0 Å². The van der Waals surface area contributed by atoms with Crippen LogP contribution in [0.25, 0.3) is 0 Å². The fraction of sp³-hybridized carbons (Fsp3) is 0.273. The number of rotatable bonds is 8. The molecule has 0 spiro atoms. The normalized spacial score (nSPS) is 11.5. The van der Waals surface area contributed by atoms with Crippen molar-refractivity contribution in [2.45, 2.75) is 18.9 Å². The van der Waals surface area contributed by atoms with Crippen LogP contribution in [0.4, 0.5) is 17.1 Å². The first-order valence-corrected chi connectivity index (χ1v) is 5.82. The van der Waals surface area contributed by atoms with Crippen molar-refractivity contribution >= 4 is 29.0 Å². The van der Waals surface area contributed by atoms with Crippen LogP contribution in [0.5, 0.6) is 0 Å². The molecule has 1 aromatic carbocycles. The van der Waals surface area contributed by atoms with Gasteiger partial charge in [0, 0.05) is 12.0 Å². The second-order valence-electron chi connectivity index (χ2n) is 4.14. The minimum atomic E-state index is -1.67. The molecule has 0 bridgehead atoms. The molecule has 0 aliphatic carbocycles. The molecule has 118 valence electrons. The highest BCUT2D eigenvalue weighted by molar-refractivity contribution is 5.78. The molecule has 0 saturated carbocycles. The highest BCUT2D eigenvalue weighted by atomic mass is 16.6. The van der Waals surface area contributed by atoms with Gasteiger partial charge >= 0.3 is 0 Å². The molecule has 22 heavy (non-hydrogen) atoms. The summed E-state index contributed by atoms with van der Waals surface area (Å²) in [7, 11) is 0. The predicted molar refractivity (Wildman–Crippen MR) is 66.4 cm³/mol. The van der Waals surface area contributed by atoms with Gasteiger partial charge in [0.25, 0.3) is 11.4 Å². The highest BCUT2D eigenvalue weighted by Gasteiger charge is 2.21. The van der Waals surface area contributed by atoms with E-state index >= 15 is 0 Å². The molecule has 0 aromatic heterocycles. The summed E-state index contributed by atoms with van der Waals surface area (Å²) in [5, 5.41) is 44.9. The van der Waals surface area contributed by atoms with Crippen LogP contribution in [0.15, 0.2) is 18.2 Å². The van der Waals surface area contributed by atoms with E-state index in [0.29, 0.717) is 6.07 Å². The summed E-state index contributed by atoms with van der Waals surface area (Å²) < 4.78 is 0. The summed E-state index contributed by atoms with van der Waals surface area (Å²) in [5.41, 5.74) is -1.56. The molecule has 1 atom stereocenters. The Kier molecular flexibility index (Phi) is 5.32. The van der Waals surface area contributed by atoms with E-state index in [1.165, 1.54) is 0 Å². The minimum Gasteiger partial charge on any atom is -0.550 e. The van der Waals surface area contributed by atoms with Crippen molar-refractivity contribution < 1.29 is 29.6 Å². The molecule has 1 rings (SSSR count). The Balaban J connectivity index is 3.08. The molecular formula is C11H9N3O8-2. The van der Waals surface area contributed by atoms with E-state index in [9.17, 15) is 40.0 Å². The number of carboxylic acids is 2. The molecule has 0 amide bonds. The number of aliphatic carboxylic acids is 2. The molecule has 0 radical (unpaired) electrons. The van der Waals surface area contributed by atoms with Crippen molar-refractivity contribution in [3.8, 4) is 0 Å². The average Bonchev–Trinajstić information content (AvgIpc) is 2.42. The van der Waals surface area contributed by atoms with E-state index in [1.54, 1.807) is 0 Å². The molecule has 0 heterocycles. The quantitative estimate of drug-likeness (QED) is 0.444. The van der Waals surface area contributed by atoms with Crippen LogP contribution < -0.4 is 15.5 Å². The van der Waals surface area contributed by atoms with Gasteiger partial charge in [-0.15, -0.1) is 0 Å². The SMILES string of the molecule is O=C([O-])CCC(Nc1ccc([N+](=O)[O-])cc1[N+](=O)[O-])C(=O)[O-]. The lowest BCUT2D eigenvalue weighted by atomic mass is 10.1. The van der Waals surface area contributed by atoms with Crippen LogP contribution in [0.3, 0.4) is 0 Å².